The van der Waals surface area contributed by atoms with Crippen LogP contribution in [0.25, 0.3) is 43.7 Å². The fourth-order valence-corrected chi connectivity index (χ4v) is 9.45. The number of aromatic hydroxyl groups is 1. The lowest BCUT2D eigenvalue weighted by Gasteiger charge is -2.42. The lowest BCUT2D eigenvalue weighted by molar-refractivity contribution is 0.107. The van der Waals surface area contributed by atoms with Crippen LogP contribution in [-0.2, 0) is 11.8 Å². The van der Waals surface area contributed by atoms with Gasteiger partial charge in [0.15, 0.2) is 5.82 Å². The third kappa shape index (κ3) is 5.02. The standard InChI is InChI=1S/C38H38F3N7O3/c1-4-25-28(40)7-6-21-12-24(49)13-26(29(21)25)30-32(41)34-31(27-17-46(2)45-33(27)30)35(47-16-23-8-10-37(18-47,44-23)19-50-3)43-36(42-34)51-20-38-9-5-11-48(38)15-22(39)14-38/h1,6-7,12-13,17,22-23,44,49H,5,8-11,14-16,18-20H2,2-3H3/t22-,23?,37?,38+/m1/s1. The zero-order valence-corrected chi connectivity index (χ0v) is 28.5. The van der Waals surface area contributed by atoms with Crippen LogP contribution < -0.4 is 15.0 Å². The number of anilines is 1. The zero-order chi connectivity index (χ0) is 35.2. The SMILES string of the molecule is C#Cc1c(F)ccc2cc(O)cc(-c3c(F)c4nc(OC[C@@]56CCCN5C[C@H](F)C6)nc(N5CC6CCC(COC)(C5)N6)c4c4cn(C)nc34)c12. The van der Waals surface area contributed by atoms with Crippen LogP contribution in [0.1, 0.15) is 37.7 Å². The van der Waals surface area contributed by atoms with E-state index in [0.29, 0.717) is 54.6 Å². The number of aromatic nitrogens is 4. The number of rotatable bonds is 7. The maximum atomic E-state index is 17.7. The minimum Gasteiger partial charge on any atom is -0.508 e. The van der Waals surface area contributed by atoms with Crippen molar-refractivity contribution in [3.8, 4) is 35.2 Å². The van der Waals surface area contributed by atoms with Gasteiger partial charge in [0, 0.05) is 68.8 Å². The fraction of sp³-hybridized carbons (Fsp3) is 0.447. The molecule has 2 N–H and O–H groups in total. The van der Waals surface area contributed by atoms with Gasteiger partial charge in [-0.3, -0.25) is 9.58 Å². The third-order valence-electron chi connectivity index (χ3n) is 11.5. The predicted molar refractivity (Wildman–Crippen MR) is 188 cm³/mol. The van der Waals surface area contributed by atoms with Gasteiger partial charge in [0.1, 0.15) is 41.2 Å². The number of fused-ring (bicyclic) bond motifs is 7. The molecule has 9 rings (SSSR count). The Morgan fingerprint density at radius 2 is 1.98 bits per heavy atom. The summed E-state index contributed by atoms with van der Waals surface area (Å²) in [6.45, 7) is 3.00. The highest BCUT2D eigenvalue weighted by Crippen LogP contribution is 2.46. The number of aryl methyl sites for hydroxylation is 1. The molecule has 2 unspecified atom stereocenters. The Labute approximate surface area is 292 Å². The number of nitrogens with zero attached hydrogens (tertiary/aromatic N) is 6. The number of nitrogens with one attached hydrogen (secondary N) is 1. The molecule has 0 saturated carbocycles. The fourth-order valence-electron chi connectivity index (χ4n) is 9.45. The molecule has 4 fully saturated rings. The Morgan fingerprint density at radius 3 is 2.80 bits per heavy atom. The number of hydrogen-bond donors (Lipinski definition) is 2. The minimum absolute atomic E-state index is 0.0112. The summed E-state index contributed by atoms with van der Waals surface area (Å²) in [6.07, 6.45) is 10.6. The number of benzene rings is 3. The van der Waals surface area contributed by atoms with Gasteiger partial charge >= 0.3 is 6.01 Å². The number of hydrogen-bond acceptors (Lipinski definition) is 9. The number of methoxy groups -OCH3 is 1. The highest BCUT2D eigenvalue weighted by molar-refractivity contribution is 6.18. The topological polar surface area (TPSA) is 101 Å². The Balaban J connectivity index is 1.29. The second-order valence-corrected chi connectivity index (χ2v) is 14.8. The third-order valence-corrected chi connectivity index (χ3v) is 11.5. The number of piperazine rings is 1. The van der Waals surface area contributed by atoms with Gasteiger partial charge < -0.3 is 24.8 Å². The van der Waals surface area contributed by atoms with E-state index in [1.165, 1.54) is 24.3 Å². The smallest absolute Gasteiger partial charge is 0.319 e. The van der Waals surface area contributed by atoms with Crippen molar-refractivity contribution in [3.05, 3.63) is 47.7 Å². The van der Waals surface area contributed by atoms with Crippen molar-refractivity contribution in [1.29, 1.82) is 0 Å². The molecule has 3 aromatic carbocycles. The van der Waals surface area contributed by atoms with Gasteiger partial charge in [-0.2, -0.15) is 15.1 Å². The van der Waals surface area contributed by atoms with E-state index in [0.717, 1.165) is 32.2 Å². The number of terminal acetylenes is 1. The van der Waals surface area contributed by atoms with E-state index in [1.807, 2.05) is 0 Å². The normalized spacial score (nSPS) is 26.1. The summed E-state index contributed by atoms with van der Waals surface area (Å²) in [7, 11) is 3.42. The molecular formula is C38H38F3N7O3. The molecule has 13 heteroatoms. The summed E-state index contributed by atoms with van der Waals surface area (Å²) in [5, 5.41) is 21.0. The first-order valence-corrected chi connectivity index (χ1v) is 17.4. The van der Waals surface area contributed by atoms with Crippen LogP contribution in [0.15, 0.2) is 30.5 Å². The highest BCUT2D eigenvalue weighted by Gasteiger charge is 2.50. The molecule has 51 heavy (non-hydrogen) atoms. The Hall–Kier alpha value is -4.64. The van der Waals surface area contributed by atoms with Crippen molar-refractivity contribution in [2.24, 2.45) is 7.05 Å². The first kappa shape index (κ1) is 32.3. The van der Waals surface area contributed by atoms with Gasteiger partial charge in [-0.25, -0.2) is 13.2 Å². The van der Waals surface area contributed by atoms with E-state index in [-0.39, 0.29) is 63.1 Å². The molecule has 0 aliphatic carbocycles. The highest BCUT2D eigenvalue weighted by atomic mass is 19.1. The van der Waals surface area contributed by atoms with Crippen LogP contribution >= 0.6 is 0 Å². The average Bonchev–Trinajstić information content (AvgIpc) is 3.84. The second-order valence-electron chi connectivity index (χ2n) is 14.8. The van der Waals surface area contributed by atoms with E-state index in [4.69, 9.17) is 31.0 Å². The van der Waals surface area contributed by atoms with Crippen molar-refractivity contribution >= 4 is 38.4 Å². The van der Waals surface area contributed by atoms with Crippen LogP contribution in [0.4, 0.5) is 19.0 Å². The van der Waals surface area contributed by atoms with Crippen molar-refractivity contribution in [3.63, 3.8) is 0 Å². The molecule has 10 nitrogen and oxygen atoms in total. The molecule has 6 heterocycles. The second kappa shape index (κ2) is 11.7. The van der Waals surface area contributed by atoms with Crippen LogP contribution in [0, 0.1) is 24.0 Å². The van der Waals surface area contributed by atoms with E-state index >= 15 is 8.78 Å². The van der Waals surface area contributed by atoms with Gasteiger partial charge in [-0.1, -0.05) is 12.0 Å². The van der Waals surface area contributed by atoms with Gasteiger partial charge in [-0.15, -0.1) is 6.42 Å². The van der Waals surface area contributed by atoms with Crippen LogP contribution in [0.2, 0.25) is 0 Å². The van der Waals surface area contributed by atoms with E-state index in [2.05, 4.69) is 21.0 Å². The van der Waals surface area contributed by atoms with E-state index < -0.39 is 23.3 Å². The summed E-state index contributed by atoms with van der Waals surface area (Å²) < 4.78 is 61.1. The number of halogens is 3. The van der Waals surface area contributed by atoms with Crippen molar-refractivity contribution in [2.75, 3.05) is 51.4 Å². The summed E-state index contributed by atoms with van der Waals surface area (Å²) in [6, 6.07) is 5.72. The molecular weight excluding hydrogens is 659 g/mol. The molecule has 4 atom stereocenters. The average molecular weight is 698 g/mol. The van der Waals surface area contributed by atoms with Crippen LogP contribution in [-0.4, -0.2) is 99.5 Å². The van der Waals surface area contributed by atoms with Gasteiger partial charge in [-0.05, 0) is 61.4 Å². The van der Waals surface area contributed by atoms with Crippen molar-refractivity contribution in [1.82, 2.24) is 30.0 Å². The minimum atomic E-state index is -0.941. The zero-order valence-electron chi connectivity index (χ0n) is 28.5. The van der Waals surface area contributed by atoms with Crippen molar-refractivity contribution < 1.29 is 27.8 Å². The molecule has 0 amide bonds. The summed E-state index contributed by atoms with van der Waals surface area (Å²) in [5.74, 6) is 1.40. The number of phenols is 1. The maximum absolute atomic E-state index is 17.7. The first-order chi connectivity index (χ1) is 24.6. The molecule has 4 saturated heterocycles. The number of alkyl halides is 1. The van der Waals surface area contributed by atoms with E-state index in [9.17, 15) is 9.50 Å². The monoisotopic (exact) mass is 697 g/mol. The summed E-state index contributed by atoms with van der Waals surface area (Å²) in [4.78, 5) is 14.0. The maximum Gasteiger partial charge on any atom is 0.319 e. The van der Waals surface area contributed by atoms with Gasteiger partial charge in [0.2, 0.25) is 0 Å². The number of ether oxygens (including phenoxy) is 2. The predicted octanol–water partition coefficient (Wildman–Crippen LogP) is 5.21. The van der Waals surface area contributed by atoms with Crippen LogP contribution in [0.3, 0.4) is 0 Å². The molecule has 0 spiro atoms. The molecule has 4 aliphatic rings. The summed E-state index contributed by atoms with van der Waals surface area (Å²) in [5.41, 5.74) is -0.370. The molecule has 2 bridgehead atoms. The Kier molecular flexibility index (Phi) is 7.40. The molecule has 5 aromatic rings. The largest absolute Gasteiger partial charge is 0.508 e. The Bertz CT molecular complexity index is 2290. The lowest BCUT2D eigenvalue weighted by Crippen LogP contribution is -2.61. The molecule has 0 radical (unpaired) electrons. The van der Waals surface area contributed by atoms with Crippen molar-refractivity contribution in [2.45, 2.75) is 55.4 Å². The molecule has 264 valence electrons. The van der Waals surface area contributed by atoms with E-state index in [1.54, 1.807) is 25.0 Å². The summed E-state index contributed by atoms with van der Waals surface area (Å²) >= 11 is 0. The van der Waals surface area contributed by atoms with Crippen LogP contribution in [0.5, 0.6) is 11.8 Å². The lowest BCUT2D eigenvalue weighted by atomic mass is 9.91. The quantitative estimate of drug-likeness (QED) is 0.222. The number of phenolic OH excluding ortho intramolecular Hbond substituents is 1. The van der Waals surface area contributed by atoms with Gasteiger partial charge in [0.05, 0.1) is 28.6 Å². The van der Waals surface area contributed by atoms with Gasteiger partial charge in [0.25, 0.3) is 0 Å². The molecule has 2 aromatic heterocycles. The molecule has 4 aliphatic heterocycles. The first-order valence-electron chi connectivity index (χ1n) is 17.4. The Morgan fingerprint density at radius 1 is 1.12 bits per heavy atom.